The Kier molecular flexibility index (Phi) is 10.1. The molecule has 0 N–H and O–H groups in total. The van der Waals surface area contributed by atoms with Crippen LogP contribution in [0.1, 0.15) is 13.8 Å². The Morgan fingerprint density at radius 2 is 1.76 bits per heavy atom. The Morgan fingerprint density at radius 1 is 1.12 bits per heavy atom. The van der Waals surface area contributed by atoms with Gasteiger partial charge in [0.2, 0.25) is 5.91 Å². The Bertz CT molecular complexity index is 197. The average molecular weight is 247 g/mol. The molecule has 0 aromatic carbocycles. The summed E-state index contributed by atoms with van der Waals surface area (Å²) in [6.07, 6.45) is 0. The molecule has 5 nitrogen and oxygen atoms in total. The van der Waals surface area contributed by atoms with Gasteiger partial charge in [-0.25, -0.2) is 0 Å². The molecule has 0 aromatic rings. The molecule has 0 atom stereocenters. The minimum absolute atomic E-state index is 0.00635. The van der Waals surface area contributed by atoms with E-state index in [2.05, 4.69) is 13.8 Å². The average Bonchev–Trinajstić information content (AvgIpc) is 2.29. The van der Waals surface area contributed by atoms with Crippen LogP contribution in [-0.4, -0.2) is 64.5 Å². The van der Waals surface area contributed by atoms with E-state index in [1.165, 1.54) is 0 Å². The number of amides is 1. The zero-order valence-electron chi connectivity index (χ0n) is 11.4. The molecule has 0 unspecified atom stereocenters. The van der Waals surface area contributed by atoms with E-state index in [0.29, 0.717) is 32.3 Å². The summed E-state index contributed by atoms with van der Waals surface area (Å²) >= 11 is 0. The Hall–Kier alpha value is -0.650. The molecule has 5 heteroatoms. The molecular formula is C12H25NO4. The molecule has 0 saturated carbocycles. The van der Waals surface area contributed by atoms with Crippen molar-refractivity contribution in [3.8, 4) is 0 Å². The second-order valence-electron chi connectivity index (χ2n) is 4.27. The number of ether oxygens (including phenoxy) is 3. The summed E-state index contributed by atoms with van der Waals surface area (Å²) in [7, 11) is 3.24. The number of nitrogens with zero attached hydrogens (tertiary/aromatic N) is 1. The van der Waals surface area contributed by atoms with E-state index in [4.69, 9.17) is 14.2 Å². The third kappa shape index (κ3) is 9.09. The molecule has 17 heavy (non-hydrogen) atoms. The van der Waals surface area contributed by atoms with E-state index in [0.717, 1.165) is 6.54 Å². The quantitative estimate of drug-likeness (QED) is 0.535. The fourth-order valence-electron chi connectivity index (χ4n) is 1.35. The number of hydrogen-bond donors (Lipinski definition) is 0. The molecule has 0 saturated heterocycles. The largest absolute Gasteiger partial charge is 0.383 e. The van der Waals surface area contributed by atoms with Crippen LogP contribution in [0.15, 0.2) is 0 Å². The van der Waals surface area contributed by atoms with Gasteiger partial charge in [0.15, 0.2) is 0 Å². The minimum Gasteiger partial charge on any atom is -0.383 e. The van der Waals surface area contributed by atoms with Crippen LogP contribution in [-0.2, 0) is 19.0 Å². The summed E-state index contributed by atoms with van der Waals surface area (Å²) in [4.78, 5) is 13.6. The number of hydrogen-bond acceptors (Lipinski definition) is 4. The van der Waals surface area contributed by atoms with Crippen LogP contribution in [0.25, 0.3) is 0 Å². The first-order valence-corrected chi connectivity index (χ1v) is 5.95. The van der Waals surface area contributed by atoms with Crippen molar-refractivity contribution in [1.82, 2.24) is 4.90 Å². The summed E-state index contributed by atoms with van der Waals surface area (Å²) in [6.45, 7) is 7.13. The number of carbonyl (C=O) groups is 1. The third-order valence-corrected chi connectivity index (χ3v) is 2.16. The van der Waals surface area contributed by atoms with Gasteiger partial charge >= 0.3 is 0 Å². The molecule has 0 bridgehead atoms. The SMILES string of the molecule is COCCOCC(=O)N(CCOC)CC(C)C. The number of methoxy groups -OCH3 is 2. The molecule has 102 valence electrons. The zero-order chi connectivity index (χ0) is 13.1. The van der Waals surface area contributed by atoms with Gasteiger partial charge in [-0.15, -0.1) is 0 Å². The van der Waals surface area contributed by atoms with Gasteiger partial charge in [-0.2, -0.15) is 0 Å². The van der Waals surface area contributed by atoms with Gasteiger partial charge in [-0.1, -0.05) is 13.8 Å². The summed E-state index contributed by atoms with van der Waals surface area (Å²) in [6, 6.07) is 0. The van der Waals surface area contributed by atoms with E-state index in [1.807, 2.05) is 0 Å². The number of carbonyl (C=O) groups excluding carboxylic acids is 1. The summed E-state index contributed by atoms with van der Waals surface area (Å²) in [5.74, 6) is 0.446. The second-order valence-corrected chi connectivity index (χ2v) is 4.27. The first kappa shape index (κ1) is 16.4. The van der Waals surface area contributed by atoms with Crippen LogP contribution >= 0.6 is 0 Å². The van der Waals surface area contributed by atoms with Gasteiger partial charge in [0, 0.05) is 27.3 Å². The third-order valence-electron chi connectivity index (χ3n) is 2.16. The molecule has 0 radical (unpaired) electrons. The van der Waals surface area contributed by atoms with Gasteiger partial charge in [-0.05, 0) is 5.92 Å². The highest BCUT2D eigenvalue weighted by Gasteiger charge is 2.14. The molecule has 0 aliphatic heterocycles. The summed E-state index contributed by atoms with van der Waals surface area (Å²) in [5.41, 5.74) is 0. The minimum atomic E-state index is 0.00635. The molecule has 0 aromatic heterocycles. The Balaban J connectivity index is 3.94. The lowest BCUT2D eigenvalue weighted by atomic mass is 10.2. The lowest BCUT2D eigenvalue weighted by molar-refractivity contribution is -0.137. The van der Waals surface area contributed by atoms with Gasteiger partial charge < -0.3 is 19.1 Å². The summed E-state index contributed by atoms with van der Waals surface area (Å²) in [5, 5.41) is 0. The van der Waals surface area contributed by atoms with Crippen LogP contribution in [0.4, 0.5) is 0 Å². The fourth-order valence-corrected chi connectivity index (χ4v) is 1.35. The van der Waals surface area contributed by atoms with Crippen molar-refractivity contribution in [3.05, 3.63) is 0 Å². The van der Waals surface area contributed by atoms with Crippen molar-refractivity contribution < 1.29 is 19.0 Å². The predicted octanol–water partition coefficient (Wildman–Crippen LogP) is 0.780. The molecule has 0 aliphatic rings. The van der Waals surface area contributed by atoms with E-state index < -0.39 is 0 Å². The van der Waals surface area contributed by atoms with E-state index >= 15 is 0 Å². The van der Waals surface area contributed by atoms with Gasteiger partial charge in [0.05, 0.1) is 19.8 Å². The van der Waals surface area contributed by atoms with Gasteiger partial charge in [0.25, 0.3) is 0 Å². The molecule has 0 heterocycles. The molecule has 0 aliphatic carbocycles. The maximum Gasteiger partial charge on any atom is 0.248 e. The molecular weight excluding hydrogens is 222 g/mol. The van der Waals surface area contributed by atoms with Crippen molar-refractivity contribution in [1.29, 1.82) is 0 Å². The van der Waals surface area contributed by atoms with Crippen LogP contribution < -0.4 is 0 Å². The molecule has 0 spiro atoms. The highest BCUT2D eigenvalue weighted by atomic mass is 16.5. The van der Waals surface area contributed by atoms with Gasteiger partial charge in [0.1, 0.15) is 6.61 Å². The molecule has 0 rings (SSSR count). The van der Waals surface area contributed by atoms with Gasteiger partial charge in [-0.3, -0.25) is 4.79 Å². The van der Waals surface area contributed by atoms with E-state index in [-0.39, 0.29) is 12.5 Å². The standard InChI is InChI=1S/C12H25NO4/c1-11(2)9-13(5-6-15-3)12(14)10-17-8-7-16-4/h11H,5-10H2,1-4H3. The lowest BCUT2D eigenvalue weighted by Gasteiger charge is -2.24. The van der Waals surface area contributed by atoms with E-state index in [9.17, 15) is 4.79 Å². The summed E-state index contributed by atoms with van der Waals surface area (Å²) < 4.78 is 15.1. The first-order chi connectivity index (χ1) is 8.11. The lowest BCUT2D eigenvalue weighted by Crippen LogP contribution is -2.39. The highest BCUT2D eigenvalue weighted by Crippen LogP contribution is 2.00. The van der Waals surface area contributed by atoms with Crippen molar-refractivity contribution in [2.24, 2.45) is 5.92 Å². The van der Waals surface area contributed by atoms with Crippen molar-refractivity contribution in [2.75, 3.05) is 53.7 Å². The van der Waals surface area contributed by atoms with Crippen LogP contribution in [0.3, 0.4) is 0 Å². The molecule has 0 fully saturated rings. The van der Waals surface area contributed by atoms with Crippen molar-refractivity contribution >= 4 is 5.91 Å². The highest BCUT2D eigenvalue weighted by molar-refractivity contribution is 5.77. The first-order valence-electron chi connectivity index (χ1n) is 5.95. The van der Waals surface area contributed by atoms with E-state index in [1.54, 1.807) is 19.1 Å². The Labute approximate surface area is 104 Å². The molecule has 1 amide bonds. The fraction of sp³-hybridized carbons (Fsp3) is 0.917. The predicted molar refractivity (Wildman–Crippen MR) is 66.0 cm³/mol. The monoisotopic (exact) mass is 247 g/mol. The van der Waals surface area contributed by atoms with Crippen molar-refractivity contribution in [2.45, 2.75) is 13.8 Å². The maximum absolute atomic E-state index is 11.9. The maximum atomic E-state index is 11.9. The normalized spacial score (nSPS) is 10.9. The van der Waals surface area contributed by atoms with Crippen molar-refractivity contribution in [3.63, 3.8) is 0 Å². The Morgan fingerprint density at radius 3 is 2.29 bits per heavy atom. The zero-order valence-corrected chi connectivity index (χ0v) is 11.4. The van der Waals surface area contributed by atoms with Crippen LogP contribution in [0.5, 0.6) is 0 Å². The number of rotatable bonds is 10. The van der Waals surface area contributed by atoms with Crippen LogP contribution in [0.2, 0.25) is 0 Å². The van der Waals surface area contributed by atoms with Crippen LogP contribution in [0, 0.1) is 5.92 Å². The topological polar surface area (TPSA) is 48.0 Å². The smallest absolute Gasteiger partial charge is 0.248 e. The second kappa shape index (κ2) is 10.5.